The van der Waals surface area contributed by atoms with E-state index in [1.807, 2.05) is 20.8 Å². The maximum absolute atomic E-state index is 11.9. The molecule has 0 heterocycles. The van der Waals surface area contributed by atoms with E-state index in [1.54, 1.807) is 6.92 Å². The maximum Gasteiger partial charge on any atom is 0.320 e. The molecule has 102 valence electrons. The molecule has 0 spiro atoms. The van der Waals surface area contributed by atoms with Crippen LogP contribution in [-0.4, -0.2) is 29.5 Å². The van der Waals surface area contributed by atoms with Crippen LogP contribution in [0.1, 0.15) is 34.1 Å². The zero-order valence-electron chi connectivity index (χ0n) is 11.4. The van der Waals surface area contributed by atoms with Gasteiger partial charge in [0.25, 0.3) is 0 Å². The van der Waals surface area contributed by atoms with Crippen LogP contribution in [0, 0.1) is 5.41 Å². The summed E-state index contributed by atoms with van der Waals surface area (Å²) in [4.78, 5) is 26.2. The van der Waals surface area contributed by atoms with Crippen molar-refractivity contribution in [3.63, 3.8) is 0 Å². The Morgan fingerprint density at radius 2 is 1.94 bits per heavy atom. The molecule has 0 aromatic carbocycles. The Kier molecular flexibility index (Phi) is 6.21. The van der Waals surface area contributed by atoms with Crippen molar-refractivity contribution < 1.29 is 14.3 Å². The van der Waals surface area contributed by atoms with Gasteiger partial charge in [0, 0.05) is 15.4 Å². The van der Waals surface area contributed by atoms with Crippen LogP contribution in [0.25, 0.3) is 10.4 Å². The molecule has 0 aliphatic carbocycles. The first-order chi connectivity index (χ1) is 8.23. The van der Waals surface area contributed by atoms with Crippen LogP contribution in [0.4, 0.5) is 0 Å². The molecule has 0 bridgehead atoms. The number of carbonyl (C=O) groups excluding carboxylic acids is 2. The predicted octanol–water partition coefficient (Wildman–Crippen LogP) is 2.92. The second-order valence-electron chi connectivity index (χ2n) is 4.82. The average Bonchev–Trinajstić information content (AvgIpc) is 2.29. The largest absolute Gasteiger partial charge is 0.468 e. The highest BCUT2D eigenvalue weighted by molar-refractivity contribution is 8.00. The summed E-state index contributed by atoms with van der Waals surface area (Å²) in [6, 6.07) is 0. The first kappa shape index (κ1) is 16.8. The van der Waals surface area contributed by atoms with Gasteiger partial charge in [0.1, 0.15) is 5.41 Å². The van der Waals surface area contributed by atoms with Gasteiger partial charge in [-0.15, -0.1) is 0 Å². The van der Waals surface area contributed by atoms with E-state index in [-0.39, 0.29) is 16.9 Å². The quantitative estimate of drug-likeness (QED) is 0.253. The van der Waals surface area contributed by atoms with E-state index in [9.17, 15) is 9.59 Å². The molecular weight excluding hydrogens is 254 g/mol. The van der Waals surface area contributed by atoms with E-state index in [2.05, 4.69) is 14.8 Å². The second-order valence-corrected chi connectivity index (χ2v) is 6.62. The molecule has 0 fully saturated rings. The van der Waals surface area contributed by atoms with Gasteiger partial charge in [-0.2, -0.15) is 11.8 Å². The third-order valence-electron chi connectivity index (χ3n) is 2.48. The van der Waals surface area contributed by atoms with Gasteiger partial charge in [-0.05, 0) is 17.1 Å². The number of hydrogen-bond acceptors (Lipinski definition) is 4. The summed E-state index contributed by atoms with van der Waals surface area (Å²) in [5, 5.41) is 3.07. The summed E-state index contributed by atoms with van der Waals surface area (Å²) in [6.07, 6.45) is 0.237. The molecule has 0 aliphatic heterocycles. The third kappa shape index (κ3) is 4.23. The van der Waals surface area contributed by atoms with Gasteiger partial charge in [-0.1, -0.05) is 27.7 Å². The zero-order chi connectivity index (χ0) is 14.4. The number of nitrogens with zero attached hydrogens (tertiary/aromatic N) is 3. The summed E-state index contributed by atoms with van der Waals surface area (Å²) in [5.41, 5.74) is 6.97. The highest BCUT2D eigenvalue weighted by Gasteiger charge is 2.45. The molecule has 7 heteroatoms. The molecule has 0 saturated carbocycles. The van der Waals surface area contributed by atoms with Crippen LogP contribution in [0.15, 0.2) is 5.11 Å². The van der Waals surface area contributed by atoms with Gasteiger partial charge in [0.2, 0.25) is 5.91 Å². The van der Waals surface area contributed by atoms with Crippen molar-refractivity contribution in [2.45, 2.75) is 38.9 Å². The monoisotopic (exact) mass is 273 g/mol. The van der Waals surface area contributed by atoms with E-state index in [0.29, 0.717) is 0 Å². The SMILES string of the molecule is CCC(CSC(C)(C)C)(C(=O)N=[N+]=[N-])C(=O)OC. The van der Waals surface area contributed by atoms with Crippen molar-refractivity contribution in [1.29, 1.82) is 0 Å². The van der Waals surface area contributed by atoms with Gasteiger partial charge >= 0.3 is 5.97 Å². The van der Waals surface area contributed by atoms with Crippen molar-refractivity contribution >= 4 is 23.6 Å². The fourth-order valence-corrected chi connectivity index (χ4v) is 2.40. The minimum absolute atomic E-state index is 0.106. The smallest absolute Gasteiger partial charge is 0.320 e. The number of esters is 1. The van der Waals surface area contributed by atoms with Gasteiger partial charge in [-0.3, -0.25) is 9.59 Å². The molecule has 18 heavy (non-hydrogen) atoms. The van der Waals surface area contributed by atoms with Crippen molar-refractivity contribution in [1.82, 2.24) is 0 Å². The molecule has 1 amide bonds. The Hall–Kier alpha value is -1.20. The van der Waals surface area contributed by atoms with Gasteiger partial charge in [0.05, 0.1) is 7.11 Å². The first-order valence-electron chi connectivity index (χ1n) is 5.55. The molecule has 0 N–H and O–H groups in total. The van der Waals surface area contributed by atoms with Crippen LogP contribution < -0.4 is 0 Å². The summed E-state index contributed by atoms with van der Waals surface area (Å²) in [6.45, 7) is 7.64. The second kappa shape index (κ2) is 6.66. The Bertz CT molecular complexity index is 372. The highest BCUT2D eigenvalue weighted by atomic mass is 32.2. The molecule has 0 aromatic rings. The van der Waals surface area contributed by atoms with Crippen LogP contribution in [0.3, 0.4) is 0 Å². The molecule has 0 radical (unpaired) electrons. The number of carbonyl (C=O) groups is 2. The van der Waals surface area contributed by atoms with Crippen molar-refractivity contribution in [2.75, 3.05) is 12.9 Å². The lowest BCUT2D eigenvalue weighted by atomic mass is 9.86. The normalized spacial score (nSPS) is 14.3. The lowest BCUT2D eigenvalue weighted by Crippen LogP contribution is -2.42. The lowest BCUT2D eigenvalue weighted by molar-refractivity contribution is -0.156. The fraction of sp³-hybridized carbons (Fsp3) is 0.818. The number of rotatable bonds is 5. The average molecular weight is 273 g/mol. The molecule has 0 aromatic heterocycles. The molecule has 0 saturated heterocycles. The van der Waals surface area contributed by atoms with Crippen molar-refractivity contribution in [3.8, 4) is 0 Å². The molecular formula is C11H19N3O3S. The molecule has 0 aliphatic rings. The Morgan fingerprint density at radius 1 is 1.39 bits per heavy atom. The maximum atomic E-state index is 11.9. The predicted molar refractivity (Wildman–Crippen MR) is 71.1 cm³/mol. The van der Waals surface area contributed by atoms with E-state index in [0.717, 1.165) is 0 Å². The summed E-state index contributed by atoms with van der Waals surface area (Å²) >= 11 is 1.46. The Balaban J connectivity index is 5.30. The molecule has 1 unspecified atom stereocenters. The zero-order valence-corrected chi connectivity index (χ0v) is 12.2. The van der Waals surface area contributed by atoms with Crippen LogP contribution in [0.2, 0.25) is 0 Å². The van der Waals surface area contributed by atoms with Crippen molar-refractivity contribution in [3.05, 3.63) is 10.4 Å². The Labute approximate surface area is 111 Å². The summed E-state index contributed by atoms with van der Waals surface area (Å²) in [5.74, 6) is -1.20. The molecule has 0 rings (SSSR count). The van der Waals surface area contributed by atoms with E-state index in [4.69, 9.17) is 5.53 Å². The highest BCUT2D eigenvalue weighted by Crippen LogP contribution is 2.35. The number of hydrogen-bond donors (Lipinski definition) is 0. The van der Waals surface area contributed by atoms with Crippen LogP contribution in [-0.2, 0) is 14.3 Å². The molecule has 1 atom stereocenters. The van der Waals surface area contributed by atoms with Gasteiger partial charge < -0.3 is 4.74 Å². The summed E-state index contributed by atoms with van der Waals surface area (Å²) in [7, 11) is 1.22. The summed E-state index contributed by atoms with van der Waals surface area (Å²) < 4.78 is 4.58. The minimum Gasteiger partial charge on any atom is -0.468 e. The molecule has 6 nitrogen and oxygen atoms in total. The Morgan fingerprint density at radius 3 is 2.28 bits per heavy atom. The van der Waals surface area contributed by atoms with Gasteiger partial charge in [0.15, 0.2) is 0 Å². The van der Waals surface area contributed by atoms with E-state index in [1.165, 1.54) is 18.9 Å². The van der Waals surface area contributed by atoms with E-state index < -0.39 is 17.3 Å². The first-order valence-corrected chi connectivity index (χ1v) is 6.54. The van der Waals surface area contributed by atoms with Crippen LogP contribution >= 0.6 is 11.8 Å². The number of azide groups is 1. The number of thioether (sulfide) groups is 1. The van der Waals surface area contributed by atoms with Gasteiger partial charge in [-0.25, -0.2) is 0 Å². The van der Waals surface area contributed by atoms with Crippen LogP contribution in [0.5, 0.6) is 0 Å². The third-order valence-corrected chi connectivity index (χ3v) is 3.98. The van der Waals surface area contributed by atoms with E-state index >= 15 is 0 Å². The number of ether oxygens (including phenoxy) is 1. The standard InChI is InChI=1S/C11H19N3O3S/c1-6-11(9(16)17-5,8(15)13-14-12)7-18-10(2,3)4/h6-7H2,1-5H3. The lowest BCUT2D eigenvalue weighted by Gasteiger charge is -2.29. The number of methoxy groups -OCH3 is 1. The topological polar surface area (TPSA) is 92.1 Å². The number of amides is 1. The minimum atomic E-state index is -1.39. The fourth-order valence-electron chi connectivity index (χ4n) is 1.28. The van der Waals surface area contributed by atoms with Crippen molar-refractivity contribution in [2.24, 2.45) is 10.5 Å².